The first-order valence-corrected chi connectivity index (χ1v) is 9.69. The van der Waals surface area contributed by atoms with E-state index in [2.05, 4.69) is 21.3 Å². The average Bonchev–Trinajstić information content (AvgIpc) is 3.34. The van der Waals surface area contributed by atoms with Crippen molar-refractivity contribution in [1.82, 2.24) is 20.2 Å². The molecule has 1 aliphatic rings. The first-order chi connectivity index (χ1) is 13.2. The largest absolute Gasteiger partial charge is 0.342 e. The van der Waals surface area contributed by atoms with Crippen LogP contribution in [0.25, 0.3) is 11.0 Å². The summed E-state index contributed by atoms with van der Waals surface area (Å²) in [5.74, 6) is 1.56. The van der Waals surface area contributed by atoms with Crippen LogP contribution in [0.2, 0.25) is 0 Å². The highest BCUT2D eigenvalue weighted by molar-refractivity contribution is 5.78. The van der Waals surface area contributed by atoms with Crippen molar-refractivity contribution in [2.45, 2.75) is 25.3 Å². The third-order valence-corrected chi connectivity index (χ3v) is 5.46. The van der Waals surface area contributed by atoms with Crippen LogP contribution in [0.3, 0.4) is 0 Å². The van der Waals surface area contributed by atoms with Gasteiger partial charge in [-0.15, -0.1) is 0 Å². The first kappa shape index (κ1) is 17.7. The normalized spacial score (nSPS) is 17.9. The molecule has 5 heteroatoms. The van der Waals surface area contributed by atoms with Gasteiger partial charge in [0.05, 0.1) is 11.0 Å². The zero-order valence-corrected chi connectivity index (χ0v) is 15.7. The summed E-state index contributed by atoms with van der Waals surface area (Å²) < 4.78 is 2.08. The average molecular weight is 362 g/mol. The molecule has 0 spiro atoms. The zero-order valence-electron chi connectivity index (χ0n) is 15.7. The maximum absolute atomic E-state index is 12.7. The van der Waals surface area contributed by atoms with E-state index < -0.39 is 0 Å². The number of carbonyl (C=O) groups is 1. The highest BCUT2D eigenvalue weighted by Crippen LogP contribution is 2.25. The Morgan fingerprint density at radius 1 is 1.22 bits per heavy atom. The van der Waals surface area contributed by atoms with Gasteiger partial charge in [0.1, 0.15) is 11.9 Å². The molecule has 2 heterocycles. The quantitative estimate of drug-likeness (QED) is 0.708. The Labute approximate surface area is 159 Å². The summed E-state index contributed by atoms with van der Waals surface area (Å²) >= 11 is 0. The molecule has 2 atom stereocenters. The molecule has 2 N–H and O–H groups in total. The fourth-order valence-corrected chi connectivity index (χ4v) is 3.89. The molecule has 1 aromatic heterocycles. The monoisotopic (exact) mass is 362 g/mol. The lowest BCUT2D eigenvalue weighted by molar-refractivity contribution is -0.121. The lowest BCUT2D eigenvalue weighted by Gasteiger charge is -2.20. The second kappa shape index (κ2) is 7.92. The zero-order chi connectivity index (χ0) is 18.6. The van der Waals surface area contributed by atoms with Crippen LogP contribution in [0.1, 0.15) is 36.7 Å². The van der Waals surface area contributed by atoms with Crippen LogP contribution in [-0.4, -0.2) is 28.5 Å². The Morgan fingerprint density at radius 2 is 2.00 bits per heavy atom. The van der Waals surface area contributed by atoms with E-state index >= 15 is 0 Å². The minimum Gasteiger partial charge on any atom is -0.342 e. The van der Waals surface area contributed by atoms with Crippen LogP contribution in [0, 0.1) is 5.92 Å². The SMILES string of the molecule is Cn1c(C(NC(=O)CCC2CCNC2)c2ccccc2)nc2ccccc21. The van der Waals surface area contributed by atoms with Gasteiger partial charge < -0.3 is 15.2 Å². The van der Waals surface area contributed by atoms with E-state index in [1.165, 1.54) is 6.42 Å². The number of benzene rings is 2. The summed E-state index contributed by atoms with van der Waals surface area (Å²) in [4.78, 5) is 17.5. The third kappa shape index (κ3) is 3.88. The van der Waals surface area contributed by atoms with Crippen LogP contribution in [0.15, 0.2) is 54.6 Å². The van der Waals surface area contributed by atoms with Crippen molar-refractivity contribution in [2.24, 2.45) is 13.0 Å². The molecule has 140 valence electrons. The van der Waals surface area contributed by atoms with Gasteiger partial charge in [-0.2, -0.15) is 0 Å². The number of hydrogen-bond donors (Lipinski definition) is 2. The number of nitrogens with zero attached hydrogens (tertiary/aromatic N) is 2. The Kier molecular flexibility index (Phi) is 5.21. The van der Waals surface area contributed by atoms with Gasteiger partial charge in [-0.25, -0.2) is 4.98 Å². The first-order valence-electron chi connectivity index (χ1n) is 9.69. The molecule has 2 aromatic carbocycles. The maximum atomic E-state index is 12.7. The molecule has 4 rings (SSSR count). The number of nitrogens with one attached hydrogen (secondary N) is 2. The number of fused-ring (bicyclic) bond motifs is 1. The molecule has 2 unspecified atom stereocenters. The lowest BCUT2D eigenvalue weighted by Crippen LogP contribution is -2.31. The van der Waals surface area contributed by atoms with Crippen molar-refractivity contribution in [3.63, 3.8) is 0 Å². The number of amides is 1. The van der Waals surface area contributed by atoms with E-state index in [0.29, 0.717) is 12.3 Å². The number of rotatable bonds is 6. The fourth-order valence-electron chi connectivity index (χ4n) is 3.89. The predicted molar refractivity (Wildman–Crippen MR) is 107 cm³/mol. The molecule has 3 aromatic rings. The van der Waals surface area contributed by atoms with Gasteiger partial charge in [0.25, 0.3) is 0 Å². The molecule has 0 radical (unpaired) electrons. The fraction of sp³-hybridized carbons (Fsp3) is 0.364. The van der Waals surface area contributed by atoms with Crippen molar-refractivity contribution in [3.05, 3.63) is 66.0 Å². The Hall–Kier alpha value is -2.66. The second-order valence-corrected chi connectivity index (χ2v) is 7.33. The second-order valence-electron chi connectivity index (χ2n) is 7.33. The summed E-state index contributed by atoms with van der Waals surface area (Å²) in [6, 6.07) is 17.9. The molecule has 1 aliphatic heterocycles. The molecular formula is C22H26N4O. The summed E-state index contributed by atoms with van der Waals surface area (Å²) in [6.07, 6.45) is 2.66. The van der Waals surface area contributed by atoms with Gasteiger partial charge in [-0.05, 0) is 49.5 Å². The number of carbonyl (C=O) groups excluding carboxylic acids is 1. The molecule has 0 aliphatic carbocycles. The van der Waals surface area contributed by atoms with Gasteiger partial charge >= 0.3 is 0 Å². The lowest BCUT2D eigenvalue weighted by atomic mass is 10.0. The number of aryl methyl sites for hydroxylation is 1. The van der Waals surface area contributed by atoms with E-state index in [1.807, 2.05) is 55.6 Å². The molecule has 0 bridgehead atoms. The van der Waals surface area contributed by atoms with E-state index in [0.717, 1.165) is 41.9 Å². The van der Waals surface area contributed by atoms with Gasteiger partial charge in [0, 0.05) is 13.5 Å². The van der Waals surface area contributed by atoms with Crippen LogP contribution in [0.5, 0.6) is 0 Å². The molecule has 1 saturated heterocycles. The maximum Gasteiger partial charge on any atom is 0.220 e. The summed E-state index contributed by atoms with van der Waals surface area (Å²) in [5.41, 5.74) is 3.06. The predicted octanol–water partition coefficient (Wildman–Crippen LogP) is 3.17. The van der Waals surface area contributed by atoms with Crippen LogP contribution < -0.4 is 10.6 Å². The number of para-hydroxylation sites is 2. The molecule has 5 nitrogen and oxygen atoms in total. The van der Waals surface area contributed by atoms with E-state index in [9.17, 15) is 4.79 Å². The minimum absolute atomic E-state index is 0.0859. The Bertz CT molecular complexity index is 912. The highest BCUT2D eigenvalue weighted by Gasteiger charge is 2.23. The molecule has 27 heavy (non-hydrogen) atoms. The molecule has 1 fully saturated rings. The van der Waals surface area contributed by atoms with E-state index in [1.54, 1.807) is 0 Å². The van der Waals surface area contributed by atoms with E-state index in [-0.39, 0.29) is 11.9 Å². The molecule has 0 saturated carbocycles. The van der Waals surface area contributed by atoms with Crippen molar-refractivity contribution in [2.75, 3.05) is 13.1 Å². The van der Waals surface area contributed by atoms with Crippen molar-refractivity contribution >= 4 is 16.9 Å². The van der Waals surface area contributed by atoms with Gasteiger partial charge in [0.2, 0.25) is 5.91 Å². The van der Waals surface area contributed by atoms with Gasteiger partial charge in [-0.3, -0.25) is 4.79 Å². The van der Waals surface area contributed by atoms with Gasteiger partial charge in [-0.1, -0.05) is 42.5 Å². The Balaban J connectivity index is 1.59. The van der Waals surface area contributed by atoms with Crippen molar-refractivity contribution in [3.8, 4) is 0 Å². The topological polar surface area (TPSA) is 59.0 Å². The number of hydrogen-bond acceptors (Lipinski definition) is 3. The van der Waals surface area contributed by atoms with Crippen LogP contribution in [0.4, 0.5) is 0 Å². The smallest absolute Gasteiger partial charge is 0.220 e. The summed E-state index contributed by atoms with van der Waals surface area (Å²) in [6.45, 7) is 2.10. The summed E-state index contributed by atoms with van der Waals surface area (Å²) in [7, 11) is 2.01. The number of imidazole rings is 1. The highest BCUT2D eigenvalue weighted by atomic mass is 16.1. The van der Waals surface area contributed by atoms with Crippen LogP contribution in [-0.2, 0) is 11.8 Å². The van der Waals surface area contributed by atoms with E-state index in [4.69, 9.17) is 4.98 Å². The molecular weight excluding hydrogens is 336 g/mol. The van der Waals surface area contributed by atoms with Crippen molar-refractivity contribution in [1.29, 1.82) is 0 Å². The minimum atomic E-state index is -0.252. The summed E-state index contributed by atoms with van der Waals surface area (Å²) in [5, 5.41) is 6.60. The standard InChI is InChI=1S/C22H26N4O/c1-26-19-10-6-5-9-18(19)24-22(26)21(17-7-3-2-4-8-17)25-20(27)12-11-16-13-14-23-15-16/h2-10,16,21,23H,11-15H2,1H3,(H,25,27). The van der Waals surface area contributed by atoms with Crippen LogP contribution >= 0.6 is 0 Å². The third-order valence-electron chi connectivity index (χ3n) is 5.46. The number of aromatic nitrogens is 2. The Morgan fingerprint density at radius 3 is 2.74 bits per heavy atom. The van der Waals surface area contributed by atoms with Gasteiger partial charge in [0.15, 0.2) is 0 Å². The van der Waals surface area contributed by atoms with Crippen molar-refractivity contribution < 1.29 is 4.79 Å². The molecule has 1 amide bonds.